The summed E-state index contributed by atoms with van der Waals surface area (Å²) >= 11 is 0. The first-order chi connectivity index (χ1) is 7.24. The zero-order chi connectivity index (χ0) is 10.8. The Bertz CT molecular complexity index is 374. The Morgan fingerprint density at radius 1 is 1.33 bits per heavy atom. The largest absolute Gasteiger partial charge is 0.508 e. The van der Waals surface area contributed by atoms with E-state index < -0.39 is 0 Å². The second-order valence-electron chi connectivity index (χ2n) is 4.17. The molecular weight excluding hydrogens is 190 g/mol. The number of fused-ring (bicyclic) bond motifs is 1. The number of phenolic OH excluding ortho intramolecular Hbond substituents is 1. The molecule has 0 bridgehead atoms. The molecule has 1 aliphatic carbocycles. The van der Waals surface area contributed by atoms with E-state index in [0.29, 0.717) is 12.4 Å². The first-order valence-electron chi connectivity index (χ1n) is 5.39. The van der Waals surface area contributed by atoms with Crippen LogP contribution in [0, 0.1) is 6.92 Å². The molecule has 0 amide bonds. The van der Waals surface area contributed by atoms with Gasteiger partial charge in [-0.1, -0.05) is 0 Å². The Hall–Kier alpha value is -1.06. The summed E-state index contributed by atoms with van der Waals surface area (Å²) in [5.41, 5.74) is 4.69. The van der Waals surface area contributed by atoms with Crippen molar-refractivity contribution in [1.29, 1.82) is 0 Å². The molecule has 0 spiro atoms. The van der Waals surface area contributed by atoms with Gasteiger partial charge in [-0.3, -0.25) is 4.84 Å². The van der Waals surface area contributed by atoms with Crippen molar-refractivity contribution in [2.45, 2.75) is 39.2 Å². The quantitative estimate of drug-likeness (QED) is 0.729. The van der Waals surface area contributed by atoms with E-state index in [0.717, 1.165) is 18.4 Å². The topological polar surface area (TPSA) is 55.5 Å². The summed E-state index contributed by atoms with van der Waals surface area (Å²) in [6.07, 6.45) is 4.57. The molecule has 15 heavy (non-hydrogen) atoms. The van der Waals surface area contributed by atoms with Crippen molar-refractivity contribution in [1.82, 2.24) is 0 Å². The molecule has 3 heteroatoms. The zero-order valence-electron chi connectivity index (χ0n) is 9.05. The molecule has 1 aromatic rings. The molecule has 0 atom stereocenters. The van der Waals surface area contributed by atoms with Crippen LogP contribution in [0.3, 0.4) is 0 Å². The molecule has 1 aliphatic rings. The Balaban J connectivity index is 2.53. The van der Waals surface area contributed by atoms with Crippen molar-refractivity contribution in [3.05, 3.63) is 28.3 Å². The smallest absolute Gasteiger partial charge is 0.121 e. The molecule has 0 heterocycles. The summed E-state index contributed by atoms with van der Waals surface area (Å²) in [5.74, 6) is 5.41. The highest BCUT2D eigenvalue weighted by molar-refractivity contribution is 5.49. The lowest BCUT2D eigenvalue weighted by molar-refractivity contribution is 0.121. The van der Waals surface area contributed by atoms with Gasteiger partial charge in [0.2, 0.25) is 0 Å². The van der Waals surface area contributed by atoms with Gasteiger partial charge in [0.1, 0.15) is 5.75 Å². The average Bonchev–Trinajstić information content (AvgIpc) is 2.24. The third-order valence-electron chi connectivity index (χ3n) is 3.20. The number of aromatic hydroxyl groups is 1. The molecule has 82 valence electrons. The summed E-state index contributed by atoms with van der Waals surface area (Å²) in [4.78, 5) is 4.65. The SMILES string of the molecule is Cc1cc(O)c(CON)c2c1CCCC2. The van der Waals surface area contributed by atoms with Crippen LogP contribution < -0.4 is 5.90 Å². The molecule has 1 aromatic carbocycles. The lowest BCUT2D eigenvalue weighted by Gasteiger charge is -2.22. The summed E-state index contributed by atoms with van der Waals surface area (Å²) < 4.78 is 0. The van der Waals surface area contributed by atoms with Crippen molar-refractivity contribution in [3.63, 3.8) is 0 Å². The van der Waals surface area contributed by atoms with Gasteiger partial charge < -0.3 is 5.11 Å². The van der Waals surface area contributed by atoms with Crippen LogP contribution in [0.25, 0.3) is 0 Å². The minimum atomic E-state index is 0.300. The monoisotopic (exact) mass is 207 g/mol. The second kappa shape index (κ2) is 4.21. The molecule has 2 rings (SSSR count). The summed E-state index contributed by atoms with van der Waals surface area (Å²) in [7, 11) is 0. The van der Waals surface area contributed by atoms with Gasteiger partial charge in [-0.15, -0.1) is 0 Å². The maximum Gasteiger partial charge on any atom is 0.121 e. The number of rotatable bonds is 2. The van der Waals surface area contributed by atoms with Gasteiger partial charge in [-0.05, 0) is 55.4 Å². The van der Waals surface area contributed by atoms with Crippen LogP contribution in [-0.2, 0) is 24.3 Å². The van der Waals surface area contributed by atoms with Crippen LogP contribution in [0.5, 0.6) is 5.75 Å². The molecule has 0 unspecified atom stereocenters. The highest BCUT2D eigenvalue weighted by atomic mass is 16.6. The summed E-state index contributed by atoms with van der Waals surface area (Å²) in [6.45, 7) is 2.35. The number of hydrogen-bond acceptors (Lipinski definition) is 3. The maximum atomic E-state index is 9.84. The van der Waals surface area contributed by atoms with Crippen molar-refractivity contribution in [2.75, 3.05) is 0 Å². The molecule has 0 aromatic heterocycles. The van der Waals surface area contributed by atoms with Gasteiger partial charge in [-0.25, -0.2) is 5.90 Å². The Morgan fingerprint density at radius 2 is 2.00 bits per heavy atom. The van der Waals surface area contributed by atoms with Crippen molar-refractivity contribution >= 4 is 0 Å². The van der Waals surface area contributed by atoms with E-state index in [4.69, 9.17) is 5.90 Å². The molecular formula is C12H17NO2. The van der Waals surface area contributed by atoms with Crippen LogP contribution in [-0.4, -0.2) is 5.11 Å². The molecule has 0 radical (unpaired) electrons. The first kappa shape index (κ1) is 10.5. The van der Waals surface area contributed by atoms with E-state index in [2.05, 4.69) is 11.8 Å². The zero-order valence-corrected chi connectivity index (χ0v) is 9.05. The number of phenols is 1. The molecule has 3 nitrogen and oxygen atoms in total. The lowest BCUT2D eigenvalue weighted by Crippen LogP contribution is -2.11. The average molecular weight is 207 g/mol. The van der Waals surface area contributed by atoms with E-state index in [1.54, 1.807) is 0 Å². The minimum Gasteiger partial charge on any atom is -0.508 e. The highest BCUT2D eigenvalue weighted by Gasteiger charge is 2.18. The van der Waals surface area contributed by atoms with Crippen molar-refractivity contribution in [2.24, 2.45) is 5.90 Å². The number of nitrogens with two attached hydrogens (primary N) is 1. The predicted molar refractivity (Wildman–Crippen MR) is 58.5 cm³/mol. The van der Waals surface area contributed by atoms with E-state index in [1.165, 1.54) is 29.5 Å². The molecule has 0 saturated heterocycles. The van der Waals surface area contributed by atoms with Crippen molar-refractivity contribution < 1.29 is 9.94 Å². The van der Waals surface area contributed by atoms with Gasteiger partial charge in [0, 0.05) is 5.56 Å². The fraction of sp³-hybridized carbons (Fsp3) is 0.500. The maximum absolute atomic E-state index is 9.84. The Kier molecular flexibility index (Phi) is 2.93. The summed E-state index contributed by atoms with van der Waals surface area (Å²) in [6, 6.07) is 1.82. The van der Waals surface area contributed by atoms with Gasteiger partial charge in [0.05, 0.1) is 6.61 Å². The fourth-order valence-electron chi connectivity index (χ4n) is 2.45. The minimum absolute atomic E-state index is 0.300. The van der Waals surface area contributed by atoms with Gasteiger partial charge in [-0.2, -0.15) is 0 Å². The van der Waals surface area contributed by atoms with Crippen LogP contribution in [0.15, 0.2) is 6.07 Å². The third-order valence-corrected chi connectivity index (χ3v) is 3.20. The molecule has 0 aliphatic heterocycles. The van der Waals surface area contributed by atoms with Crippen LogP contribution in [0.1, 0.15) is 35.1 Å². The van der Waals surface area contributed by atoms with Gasteiger partial charge in [0.25, 0.3) is 0 Å². The van der Waals surface area contributed by atoms with Gasteiger partial charge >= 0.3 is 0 Å². The number of aryl methyl sites for hydroxylation is 1. The fourth-order valence-corrected chi connectivity index (χ4v) is 2.45. The molecule has 0 fully saturated rings. The highest BCUT2D eigenvalue weighted by Crippen LogP contribution is 2.33. The Morgan fingerprint density at radius 3 is 2.67 bits per heavy atom. The molecule has 0 saturated carbocycles. The van der Waals surface area contributed by atoms with Gasteiger partial charge in [0.15, 0.2) is 0 Å². The van der Waals surface area contributed by atoms with E-state index in [9.17, 15) is 5.11 Å². The number of benzene rings is 1. The summed E-state index contributed by atoms with van der Waals surface area (Å²) in [5, 5.41) is 9.84. The normalized spacial score (nSPS) is 15.1. The lowest BCUT2D eigenvalue weighted by atomic mass is 9.85. The van der Waals surface area contributed by atoms with Crippen molar-refractivity contribution in [3.8, 4) is 5.75 Å². The van der Waals surface area contributed by atoms with E-state index in [1.807, 2.05) is 6.07 Å². The standard InChI is InChI=1S/C12H17NO2/c1-8-6-12(14)11(7-15-13)10-5-3-2-4-9(8)10/h6,14H,2-5,7,13H2,1H3. The molecule has 3 N–H and O–H groups in total. The number of hydrogen-bond donors (Lipinski definition) is 2. The predicted octanol–water partition coefficient (Wildman–Crippen LogP) is 1.97. The van der Waals surface area contributed by atoms with Crippen LogP contribution >= 0.6 is 0 Å². The second-order valence-corrected chi connectivity index (χ2v) is 4.17. The first-order valence-corrected chi connectivity index (χ1v) is 5.39. The van der Waals surface area contributed by atoms with E-state index >= 15 is 0 Å². The third kappa shape index (κ3) is 1.85. The van der Waals surface area contributed by atoms with Crippen LogP contribution in [0.4, 0.5) is 0 Å². The Labute approximate surface area is 89.8 Å². The van der Waals surface area contributed by atoms with Crippen LogP contribution in [0.2, 0.25) is 0 Å². The van der Waals surface area contributed by atoms with E-state index in [-0.39, 0.29) is 0 Å².